The molecule has 70 valence electrons. The van der Waals surface area contributed by atoms with Crippen LogP contribution in [0.3, 0.4) is 0 Å². The molecule has 0 unspecified atom stereocenters. The van der Waals surface area contributed by atoms with Crippen molar-refractivity contribution < 1.29 is 9.32 Å². The highest BCUT2D eigenvalue weighted by molar-refractivity contribution is 8.04. The lowest BCUT2D eigenvalue weighted by atomic mass is 10.2. The Balaban J connectivity index is 2.99. The second-order valence-electron chi connectivity index (χ2n) is 3.03. The maximum absolute atomic E-state index is 11.4. The molecule has 0 aromatic carbocycles. The molecule has 0 aliphatic heterocycles. The van der Waals surface area contributed by atoms with Gasteiger partial charge in [0, 0.05) is 12.4 Å². The minimum atomic E-state index is -2.12. The third-order valence-corrected chi connectivity index (χ3v) is 2.12. The van der Waals surface area contributed by atoms with E-state index in [2.05, 4.69) is 4.98 Å². The summed E-state index contributed by atoms with van der Waals surface area (Å²) in [5.41, 5.74) is 0.471. The monoisotopic (exact) mass is 197 g/mol. The van der Waals surface area contributed by atoms with E-state index < -0.39 is 9.93 Å². The number of nitrogens with zero attached hydrogens (tertiary/aromatic N) is 1. The Bertz CT molecular complexity index is 353. The van der Waals surface area contributed by atoms with Gasteiger partial charge in [-0.15, -0.1) is 4.21 Å². The Kier molecular flexibility index (Phi) is 2.83. The van der Waals surface area contributed by atoms with Gasteiger partial charge in [-0.3, -0.25) is 4.98 Å². The Hall–Kier alpha value is -1.16. The van der Waals surface area contributed by atoms with Crippen LogP contribution in [0.5, 0.6) is 0 Å². The highest BCUT2D eigenvalue weighted by Crippen LogP contribution is 2.09. The van der Waals surface area contributed by atoms with E-state index in [-0.39, 0.29) is 5.76 Å². The lowest BCUT2D eigenvalue weighted by Crippen LogP contribution is -2.08. The van der Waals surface area contributed by atoms with Crippen LogP contribution in [-0.2, 0) is 14.1 Å². The first-order valence-electron chi connectivity index (χ1n) is 3.72. The zero-order valence-electron chi connectivity index (χ0n) is 7.56. The Morgan fingerprint density at radius 2 is 2.31 bits per heavy atom. The SMILES string of the molecule is C[S+](C)(=O)/C=C(\[O-])c1cccnc1. The Morgan fingerprint density at radius 3 is 2.77 bits per heavy atom. The standard InChI is InChI=1S/C9H11NO2S/c1-13(2,12)7-9(11)8-4-3-5-10-6-8/h3-7H,1-2H3. The Labute approximate surface area is 78.6 Å². The summed E-state index contributed by atoms with van der Waals surface area (Å²) in [6.45, 7) is 0. The summed E-state index contributed by atoms with van der Waals surface area (Å²) < 4.78 is 11.3. The minimum Gasteiger partial charge on any atom is -0.869 e. The number of hydrogen-bond donors (Lipinski definition) is 0. The van der Waals surface area contributed by atoms with Gasteiger partial charge in [0.1, 0.15) is 27.9 Å². The maximum atomic E-state index is 11.4. The summed E-state index contributed by atoms with van der Waals surface area (Å²) in [6.07, 6.45) is 6.11. The van der Waals surface area contributed by atoms with Crippen LogP contribution < -0.4 is 5.11 Å². The summed E-state index contributed by atoms with van der Waals surface area (Å²) >= 11 is 0. The zero-order chi connectivity index (χ0) is 9.90. The number of aromatic nitrogens is 1. The molecule has 1 rings (SSSR count). The van der Waals surface area contributed by atoms with Crippen LogP contribution in [0.25, 0.3) is 5.76 Å². The third kappa shape index (κ3) is 3.38. The number of pyridine rings is 1. The molecule has 3 nitrogen and oxygen atoms in total. The van der Waals surface area contributed by atoms with Gasteiger partial charge in [0.15, 0.2) is 0 Å². The fraction of sp³-hybridized carbons (Fsp3) is 0.222. The van der Waals surface area contributed by atoms with Crippen LogP contribution in [0.1, 0.15) is 5.56 Å². The molecule has 0 fully saturated rings. The van der Waals surface area contributed by atoms with E-state index in [0.29, 0.717) is 5.56 Å². The molecule has 0 bridgehead atoms. The van der Waals surface area contributed by atoms with E-state index in [1.54, 1.807) is 18.3 Å². The largest absolute Gasteiger partial charge is 0.869 e. The Morgan fingerprint density at radius 1 is 1.62 bits per heavy atom. The topological polar surface area (TPSA) is 53.0 Å². The van der Waals surface area contributed by atoms with Crippen LogP contribution in [0.2, 0.25) is 0 Å². The molecule has 1 aromatic rings. The highest BCUT2D eigenvalue weighted by atomic mass is 32.2. The van der Waals surface area contributed by atoms with E-state index in [1.807, 2.05) is 0 Å². The summed E-state index contributed by atoms with van der Waals surface area (Å²) in [7, 11) is -2.12. The van der Waals surface area contributed by atoms with Gasteiger partial charge >= 0.3 is 0 Å². The fourth-order valence-electron chi connectivity index (χ4n) is 0.834. The lowest BCUT2D eigenvalue weighted by Gasteiger charge is -2.09. The second-order valence-corrected chi connectivity index (χ2v) is 5.89. The average Bonchev–Trinajstić information content (AvgIpc) is 2.03. The van der Waals surface area contributed by atoms with Crippen LogP contribution >= 0.6 is 0 Å². The van der Waals surface area contributed by atoms with Crippen LogP contribution in [0, 0.1) is 0 Å². The van der Waals surface area contributed by atoms with Crippen molar-refractivity contribution in [1.82, 2.24) is 4.98 Å². The summed E-state index contributed by atoms with van der Waals surface area (Å²) in [5.74, 6) is -0.233. The zero-order valence-corrected chi connectivity index (χ0v) is 8.38. The number of rotatable bonds is 2. The quantitative estimate of drug-likeness (QED) is 0.512. The van der Waals surface area contributed by atoms with Crippen LogP contribution in [0.15, 0.2) is 29.9 Å². The van der Waals surface area contributed by atoms with E-state index in [1.165, 1.54) is 24.1 Å². The highest BCUT2D eigenvalue weighted by Gasteiger charge is 2.06. The van der Waals surface area contributed by atoms with E-state index in [4.69, 9.17) is 0 Å². The van der Waals surface area contributed by atoms with Crippen molar-refractivity contribution in [3.63, 3.8) is 0 Å². The van der Waals surface area contributed by atoms with Gasteiger partial charge in [-0.2, -0.15) is 0 Å². The second kappa shape index (κ2) is 3.70. The van der Waals surface area contributed by atoms with Gasteiger partial charge in [-0.05, 0) is 11.6 Å². The molecular weight excluding hydrogens is 186 g/mol. The van der Waals surface area contributed by atoms with Gasteiger partial charge in [0.05, 0.1) is 0 Å². The average molecular weight is 197 g/mol. The maximum Gasteiger partial charge on any atom is 0.114 e. The molecule has 13 heavy (non-hydrogen) atoms. The van der Waals surface area contributed by atoms with Crippen LogP contribution in [-0.4, -0.2) is 17.5 Å². The first-order valence-corrected chi connectivity index (χ1v) is 6.16. The molecule has 0 amide bonds. The van der Waals surface area contributed by atoms with E-state index in [0.717, 1.165) is 0 Å². The molecule has 0 atom stereocenters. The van der Waals surface area contributed by atoms with Gasteiger partial charge < -0.3 is 5.11 Å². The first kappa shape index (κ1) is 9.92. The van der Waals surface area contributed by atoms with Crippen molar-refractivity contribution in [3.05, 3.63) is 35.5 Å². The van der Waals surface area contributed by atoms with E-state index in [9.17, 15) is 9.32 Å². The predicted octanol–water partition coefficient (Wildman–Crippen LogP) is 0.499. The molecule has 0 saturated heterocycles. The smallest absolute Gasteiger partial charge is 0.114 e. The lowest BCUT2D eigenvalue weighted by molar-refractivity contribution is -0.243. The first-order chi connectivity index (χ1) is 5.99. The number of hydrogen-bond acceptors (Lipinski definition) is 3. The van der Waals surface area contributed by atoms with Crippen molar-refractivity contribution in [2.45, 2.75) is 0 Å². The van der Waals surface area contributed by atoms with Gasteiger partial charge in [-0.25, -0.2) is 0 Å². The molecule has 0 spiro atoms. The van der Waals surface area contributed by atoms with Gasteiger partial charge in [-0.1, -0.05) is 11.8 Å². The third-order valence-electron chi connectivity index (χ3n) is 1.34. The van der Waals surface area contributed by atoms with Crippen molar-refractivity contribution in [2.24, 2.45) is 0 Å². The normalized spacial score (nSPS) is 12.9. The fourth-order valence-corrected chi connectivity index (χ4v) is 1.49. The predicted molar refractivity (Wildman–Crippen MR) is 52.1 cm³/mol. The molecule has 4 heteroatoms. The van der Waals surface area contributed by atoms with Gasteiger partial charge in [0.2, 0.25) is 0 Å². The molecule has 0 N–H and O–H groups in total. The van der Waals surface area contributed by atoms with Crippen molar-refractivity contribution in [3.8, 4) is 0 Å². The summed E-state index contributed by atoms with van der Waals surface area (Å²) in [4.78, 5) is 3.80. The van der Waals surface area contributed by atoms with Crippen LogP contribution in [0.4, 0.5) is 0 Å². The molecule has 1 aromatic heterocycles. The summed E-state index contributed by atoms with van der Waals surface area (Å²) in [6, 6.07) is 3.32. The summed E-state index contributed by atoms with van der Waals surface area (Å²) in [5, 5.41) is 12.6. The minimum absolute atomic E-state index is 0.233. The molecule has 0 aliphatic carbocycles. The van der Waals surface area contributed by atoms with Crippen molar-refractivity contribution in [2.75, 3.05) is 12.5 Å². The molecule has 0 aliphatic rings. The van der Waals surface area contributed by atoms with E-state index >= 15 is 0 Å². The molecule has 0 radical (unpaired) electrons. The van der Waals surface area contributed by atoms with Crippen molar-refractivity contribution in [1.29, 1.82) is 0 Å². The molecule has 1 heterocycles. The van der Waals surface area contributed by atoms with Crippen molar-refractivity contribution >= 4 is 15.7 Å². The van der Waals surface area contributed by atoms with Gasteiger partial charge in [0.25, 0.3) is 0 Å². The molecule has 0 saturated carbocycles. The molecular formula is C9H11NO2S.